The standard InChI is InChI=1S/C21H26FN5O/c1-23-21-17-13-26(2)9-8-18(17)24-20(25-21)15-7-10-27(12-15)19(28)11-14-3-5-16(22)6-4-14/h3-6,15H,7-13H2,1-2H3,(H,23,24,25)/t15-/m0/s1. The molecule has 2 aliphatic rings. The van der Waals surface area contributed by atoms with Crippen LogP contribution in [0.15, 0.2) is 24.3 Å². The van der Waals surface area contributed by atoms with Crippen molar-refractivity contribution in [3.05, 3.63) is 52.7 Å². The van der Waals surface area contributed by atoms with Gasteiger partial charge in [-0.15, -0.1) is 0 Å². The van der Waals surface area contributed by atoms with Gasteiger partial charge in [-0.1, -0.05) is 12.1 Å². The molecule has 1 aromatic heterocycles. The zero-order valence-electron chi connectivity index (χ0n) is 16.4. The third kappa shape index (κ3) is 3.85. The maximum absolute atomic E-state index is 13.1. The third-order valence-corrected chi connectivity index (χ3v) is 5.68. The molecule has 2 aliphatic heterocycles. The zero-order valence-corrected chi connectivity index (χ0v) is 16.4. The number of likely N-dealkylation sites (N-methyl/N-ethyl adjacent to an activating group) is 1. The van der Waals surface area contributed by atoms with E-state index in [0.29, 0.717) is 19.5 Å². The Labute approximate surface area is 164 Å². The molecule has 0 aliphatic carbocycles. The number of amides is 1. The van der Waals surface area contributed by atoms with Crippen molar-refractivity contribution in [1.82, 2.24) is 19.8 Å². The van der Waals surface area contributed by atoms with Crippen LogP contribution < -0.4 is 5.32 Å². The second kappa shape index (κ2) is 7.83. The third-order valence-electron chi connectivity index (χ3n) is 5.68. The first-order valence-corrected chi connectivity index (χ1v) is 9.81. The van der Waals surface area contributed by atoms with Crippen molar-refractivity contribution in [1.29, 1.82) is 0 Å². The van der Waals surface area contributed by atoms with Gasteiger partial charge < -0.3 is 15.1 Å². The molecule has 0 saturated carbocycles. The van der Waals surface area contributed by atoms with E-state index in [9.17, 15) is 9.18 Å². The number of nitrogens with one attached hydrogen (secondary N) is 1. The molecule has 0 bridgehead atoms. The number of fused-ring (bicyclic) bond motifs is 1. The van der Waals surface area contributed by atoms with Gasteiger partial charge in [0.1, 0.15) is 17.5 Å². The number of hydrogen-bond acceptors (Lipinski definition) is 5. The van der Waals surface area contributed by atoms with Crippen LogP contribution in [-0.4, -0.2) is 59.4 Å². The number of hydrogen-bond donors (Lipinski definition) is 1. The molecule has 1 saturated heterocycles. The number of aromatic nitrogens is 2. The summed E-state index contributed by atoms with van der Waals surface area (Å²) in [6.45, 7) is 3.21. The monoisotopic (exact) mass is 383 g/mol. The van der Waals surface area contributed by atoms with Crippen molar-refractivity contribution >= 4 is 11.7 Å². The van der Waals surface area contributed by atoms with Gasteiger partial charge in [-0.25, -0.2) is 14.4 Å². The molecule has 28 heavy (non-hydrogen) atoms. The predicted octanol–water partition coefficient (Wildman–Crippen LogP) is 2.20. The highest BCUT2D eigenvalue weighted by atomic mass is 19.1. The molecule has 1 amide bonds. The van der Waals surface area contributed by atoms with E-state index in [1.807, 2.05) is 11.9 Å². The first-order valence-electron chi connectivity index (χ1n) is 9.81. The lowest BCUT2D eigenvalue weighted by atomic mass is 10.0. The summed E-state index contributed by atoms with van der Waals surface area (Å²) in [7, 11) is 4.01. The maximum atomic E-state index is 13.1. The molecule has 0 radical (unpaired) electrons. The lowest BCUT2D eigenvalue weighted by Gasteiger charge is -2.26. The Kier molecular flexibility index (Phi) is 5.26. The molecule has 1 aromatic carbocycles. The van der Waals surface area contributed by atoms with E-state index in [1.54, 1.807) is 12.1 Å². The molecule has 7 heteroatoms. The Bertz CT molecular complexity index is 853. The summed E-state index contributed by atoms with van der Waals surface area (Å²) in [4.78, 5) is 26.4. The summed E-state index contributed by atoms with van der Waals surface area (Å²) in [6.07, 6.45) is 2.10. The van der Waals surface area contributed by atoms with Crippen molar-refractivity contribution in [3.63, 3.8) is 0 Å². The number of benzene rings is 1. The summed E-state index contributed by atoms with van der Waals surface area (Å²) in [5, 5.41) is 3.22. The molecule has 0 unspecified atom stereocenters. The molecule has 6 nitrogen and oxygen atoms in total. The normalized spacial score (nSPS) is 19.5. The summed E-state index contributed by atoms with van der Waals surface area (Å²) in [6, 6.07) is 6.13. The zero-order chi connectivity index (χ0) is 19.7. The number of rotatable bonds is 4. The fraction of sp³-hybridized carbons (Fsp3) is 0.476. The topological polar surface area (TPSA) is 61.4 Å². The molecule has 148 valence electrons. The number of halogens is 1. The molecule has 3 heterocycles. The number of likely N-dealkylation sites (tertiary alicyclic amines) is 1. The molecular weight excluding hydrogens is 357 g/mol. The first kappa shape index (κ1) is 18.8. The number of carbonyl (C=O) groups excluding carboxylic acids is 1. The summed E-state index contributed by atoms with van der Waals surface area (Å²) < 4.78 is 13.1. The fourth-order valence-corrected chi connectivity index (χ4v) is 4.04. The van der Waals surface area contributed by atoms with Crippen LogP contribution in [0.25, 0.3) is 0 Å². The van der Waals surface area contributed by atoms with Gasteiger partial charge in [0.25, 0.3) is 0 Å². The van der Waals surface area contributed by atoms with Crippen LogP contribution in [0, 0.1) is 5.82 Å². The van der Waals surface area contributed by atoms with Gasteiger partial charge in [0.15, 0.2) is 0 Å². The van der Waals surface area contributed by atoms with Gasteiger partial charge in [0.2, 0.25) is 5.91 Å². The number of anilines is 1. The summed E-state index contributed by atoms with van der Waals surface area (Å²) in [5.74, 6) is 1.69. The SMILES string of the molecule is CNc1nc([C@H]2CCN(C(=O)Cc3ccc(F)cc3)C2)nc2c1CN(C)CC2. The minimum atomic E-state index is -0.284. The lowest BCUT2D eigenvalue weighted by molar-refractivity contribution is -0.129. The van der Waals surface area contributed by atoms with Crippen LogP contribution in [0.5, 0.6) is 0 Å². The highest BCUT2D eigenvalue weighted by Crippen LogP contribution is 2.30. The molecule has 0 spiro atoms. The Morgan fingerprint density at radius 1 is 1.25 bits per heavy atom. The van der Waals surface area contributed by atoms with Gasteiger partial charge in [0, 0.05) is 51.1 Å². The molecule has 1 atom stereocenters. The van der Waals surface area contributed by atoms with Crippen molar-refractivity contribution in [2.75, 3.05) is 39.0 Å². The van der Waals surface area contributed by atoms with E-state index in [4.69, 9.17) is 9.97 Å². The molecular formula is C21H26FN5O. The smallest absolute Gasteiger partial charge is 0.227 e. The van der Waals surface area contributed by atoms with Gasteiger partial charge in [-0.3, -0.25) is 4.79 Å². The number of nitrogens with zero attached hydrogens (tertiary/aromatic N) is 4. The van der Waals surface area contributed by atoms with Crippen LogP contribution in [0.2, 0.25) is 0 Å². The van der Waals surface area contributed by atoms with Crippen molar-refractivity contribution < 1.29 is 9.18 Å². The van der Waals surface area contributed by atoms with Gasteiger partial charge in [-0.2, -0.15) is 0 Å². The van der Waals surface area contributed by atoms with E-state index >= 15 is 0 Å². The van der Waals surface area contributed by atoms with E-state index in [1.165, 1.54) is 17.7 Å². The van der Waals surface area contributed by atoms with Crippen LogP contribution in [0.1, 0.15) is 35.0 Å². The summed E-state index contributed by atoms with van der Waals surface area (Å²) >= 11 is 0. The minimum Gasteiger partial charge on any atom is -0.373 e. The largest absolute Gasteiger partial charge is 0.373 e. The van der Waals surface area contributed by atoms with E-state index < -0.39 is 0 Å². The second-order valence-corrected chi connectivity index (χ2v) is 7.72. The summed E-state index contributed by atoms with van der Waals surface area (Å²) in [5.41, 5.74) is 3.15. The van der Waals surface area contributed by atoms with Crippen molar-refractivity contribution in [2.24, 2.45) is 0 Å². The Balaban J connectivity index is 1.46. The quantitative estimate of drug-likeness (QED) is 0.877. The van der Waals surface area contributed by atoms with Gasteiger partial charge in [-0.05, 0) is 31.2 Å². The average molecular weight is 383 g/mol. The first-order chi connectivity index (χ1) is 13.5. The molecule has 4 rings (SSSR count). The fourth-order valence-electron chi connectivity index (χ4n) is 4.04. The molecule has 2 aromatic rings. The van der Waals surface area contributed by atoms with Crippen LogP contribution in [0.3, 0.4) is 0 Å². The van der Waals surface area contributed by atoms with Crippen LogP contribution in [0.4, 0.5) is 10.2 Å². The van der Waals surface area contributed by atoms with E-state index in [2.05, 4.69) is 17.3 Å². The van der Waals surface area contributed by atoms with Gasteiger partial charge >= 0.3 is 0 Å². The highest BCUT2D eigenvalue weighted by Gasteiger charge is 2.31. The molecule has 1 N–H and O–H groups in total. The Hall–Kier alpha value is -2.54. The van der Waals surface area contributed by atoms with Crippen LogP contribution in [-0.2, 0) is 24.2 Å². The lowest BCUT2D eigenvalue weighted by Crippen LogP contribution is -2.31. The Morgan fingerprint density at radius 3 is 2.79 bits per heavy atom. The number of carbonyl (C=O) groups is 1. The van der Waals surface area contributed by atoms with Crippen LogP contribution >= 0.6 is 0 Å². The maximum Gasteiger partial charge on any atom is 0.227 e. The Morgan fingerprint density at radius 2 is 2.04 bits per heavy atom. The second-order valence-electron chi connectivity index (χ2n) is 7.72. The van der Waals surface area contributed by atoms with Crippen molar-refractivity contribution in [2.45, 2.75) is 31.7 Å². The van der Waals surface area contributed by atoms with Gasteiger partial charge in [0.05, 0.1) is 12.1 Å². The molecule has 1 fully saturated rings. The average Bonchev–Trinajstić information content (AvgIpc) is 3.19. The van der Waals surface area contributed by atoms with E-state index in [0.717, 1.165) is 48.8 Å². The van der Waals surface area contributed by atoms with E-state index in [-0.39, 0.29) is 17.6 Å². The van der Waals surface area contributed by atoms with Crippen molar-refractivity contribution in [3.8, 4) is 0 Å². The highest BCUT2D eigenvalue weighted by molar-refractivity contribution is 5.79. The predicted molar refractivity (Wildman–Crippen MR) is 106 cm³/mol. The minimum absolute atomic E-state index is 0.0718.